The summed E-state index contributed by atoms with van der Waals surface area (Å²) in [6.45, 7) is 8.37. The summed E-state index contributed by atoms with van der Waals surface area (Å²) in [6.07, 6.45) is 6.14. The molecule has 0 bridgehead atoms. The van der Waals surface area contributed by atoms with Gasteiger partial charge in [0.25, 0.3) is 0 Å². The molecular weight excluding hydrogens is 252 g/mol. The Hall–Kier alpha value is -0.610. The van der Waals surface area contributed by atoms with E-state index in [0.717, 1.165) is 25.4 Å². The Morgan fingerprint density at radius 2 is 1.95 bits per heavy atom. The molecule has 1 atom stereocenters. The van der Waals surface area contributed by atoms with Crippen LogP contribution in [0.5, 0.6) is 0 Å². The summed E-state index contributed by atoms with van der Waals surface area (Å²) in [4.78, 5) is 14.4. The van der Waals surface area contributed by atoms with Gasteiger partial charge in [0.1, 0.15) is 6.04 Å². The second kappa shape index (κ2) is 9.35. The number of carbonyl (C=O) groups excluding carboxylic acids is 1. The highest BCUT2D eigenvalue weighted by atomic mass is 16.5. The fraction of sp³-hybridized carbons (Fsp3) is 0.938. The molecule has 0 spiro atoms. The SMILES string of the molecule is CCCNC(CN(C)C1CCC(C)CC1)C(=O)OCC. The van der Waals surface area contributed by atoms with Gasteiger partial charge in [-0.3, -0.25) is 4.79 Å². The standard InChI is InChI=1S/C16H32N2O2/c1-5-11-17-15(16(19)20-6-2)12-18(4)14-9-7-13(3)8-10-14/h13-15,17H,5-12H2,1-4H3. The normalized spacial score (nSPS) is 24.6. The van der Waals surface area contributed by atoms with Crippen molar-refractivity contribution in [3.8, 4) is 0 Å². The lowest BCUT2D eigenvalue weighted by molar-refractivity contribution is -0.146. The fourth-order valence-corrected chi connectivity index (χ4v) is 2.90. The predicted molar refractivity (Wildman–Crippen MR) is 82.8 cm³/mol. The van der Waals surface area contributed by atoms with Crippen molar-refractivity contribution in [3.05, 3.63) is 0 Å². The van der Waals surface area contributed by atoms with Crippen LogP contribution in [0, 0.1) is 5.92 Å². The van der Waals surface area contributed by atoms with Gasteiger partial charge >= 0.3 is 5.97 Å². The number of nitrogens with zero attached hydrogens (tertiary/aromatic N) is 1. The molecule has 1 aliphatic carbocycles. The molecule has 4 nitrogen and oxygen atoms in total. The quantitative estimate of drug-likeness (QED) is 0.695. The third-order valence-corrected chi connectivity index (χ3v) is 4.29. The Morgan fingerprint density at radius 3 is 2.50 bits per heavy atom. The van der Waals surface area contributed by atoms with Crippen LogP contribution in [0.3, 0.4) is 0 Å². The zero-order valence-corrected chi connectivity index (χ0v) is 13.7. The van der Waals surface area contributed by atoms with E-state index in [2.05, 4.69) is 31.1 Å². The van der Waals surface area contributed by atoms with Crippen LogP contribution in [-0.4, -0.2) is 49.7 Å². The summed E-state index contributed by atoms with van der Waals surface area (Å²) in [7, 11) is 2.14. The molecule has 1 aliphatic rings. The van der Waals surface area contributed by atoms with Gasteiger partial charge in [-0.2, -0.15) is 0 Å². The average molecular weight is 284 g/mol. The summed E-state index contributed by atoms with van der Waals surface area (Å²) in [5, 5.41) is 3.32. The summed E-state index contributed by atoms with van der Waals surface area (Å²) in [5.74, 6) is 0.746. The van der Waals surface area contributed by atoms with E-state index < -0.39 is 0 Å². The average Bonchev–Trinajstić information content (AvgIpc) is 2.44. The fourth-order valence-electron chi connectivity index (χ4n) is 2.90. The lowest BCUT2D eigenvalue weighted by Gasteiger charge is -2.35. The Balaban J connectivity index is 2.47. The Kier molecular flexibility index (Phi) is 8.15. The molecule has 0 radical (unpaired) electrons. The van der Waals surface area contributed by atoms with Gasteiger partial charge in [-0.05, 0) is 58.5 Å². The van der Waals surface area contributed by atoms with E-state index in [4.69, 9.17) is 4.74 Å². The van der Waals surface area contributed by atoms with Gasteiger partial charge in [0.05, 0.1) is 6.61 Å². The molecule has 0 saturated heterocycles. The maximum absolute atomic E-state index is 12.0. The number of esters is 1. The van der Waals surface area contributed by atoms with Crippen LogP contribution in [0.4, 0.5) is 0 Å². The second-order valence-electron chi connectivity index (χ2n) is 6.11. The van der Waals surface area contributed by atoms with Crippen LogP contribution < -0.4 is 5.32 Å². The van der Waals surface area contributed by atoms with Crippen molar-refractivity contribution in [2.45, 2.75) is 65.0 Å². The van der Waals surface area contributed by atoms with Gasteiger partial charge in [0.2, 0.25) is 0 Å². The summed E-state index contributed by atoms with van der Waals surface area (Å²) in [6, 6.07) is 0.422. The van der Waals surface area contributed by atoms with Crippen molar-refractivity contribution >= 4 is 5.97 Å². The van der Waals surface area contributed by atoms with Gasteiger partial charge < -0.3 is 15.0 Å². The van der Waals surface area contributed by atoms with E-state index in [-0.39, 0.29) is 12.0 Å². The molecule has 0 heterocycles. The summed E-state index contributed by atoms with van der Waals surface area (Å²) in [5.41, 5.74) is 0. The van der Waals surface area contributed by atoms with Crippen molar-refractivity contribution in [3.63, 3.8) is 0 Å². The Bertz CT molecular complexity index is 276. The maximum Gasteiger partial charge on any atom is 0.324 e. The first-order valence-corrected chi connectivity index (χ1v) is 8.18. The highest BCUT2D eigenvalue weighted by Gasteiger charge is 2.26. The minimum atomic E-state index is -0.195. The van der Waals surface area contributed by atoms with Gasteiger partial charge in [0, 0.05) is 12.6 Å². The highest BCUT2D eigenvalue weighted by Crippen LogP contribution is 2.26. The van der Waals surface area contributed by atoms with E-state index in [1.807, 2.05) is 6.92 Å². The number of likely N-dealkylation sites (N-methyl/N-ethyl adjacent to an activating group) is 1. The number of ether oxygens (including phenoxy) is 1. The van der Waals surface area contributed by atoms with E-state index >= 15 is 0 Å². The van der Waals surface area contributed by atoms with Crippen LogP contribution in [0.25, 0.3) is 0 Å². The van der Waals surface area contributed by atoms with E-state index in [9.17, 15) is 4.79 Å². The molecule has 4 heteroatoms. The number of rotatable bonds is 8. The molecule has 1 N–H and O–H groups in total. The van der Waals surface area contributed by atoms with E-state index in [1.165, 1.54) is 25.7 Å². The Morgan fingerprint density at radius 1 is 1.30 bits per heavy atom. The highest BCUT2D eigenvalue weighted by molar-refractivity contribution is 5.76. The molecule has 20 heavy (non-hydrogen) atoms. The lowest BCUT2D eigenvalue weighted by Crippen LogP contribution is -2.49. The molecule has 1 unspecified atom stereocenters. The number of carbonyl (C=O) groups is 1. The molecule has 0 aromatic carbocycles. The maximum atomic E-state index is 12.0. The molecule has 0 aliphatic heterocycles. The van der Waals surface area contributed by atoms with Gasteiger partial charge in [-0.15, -0.1) is 0 Å². The van der Waals surface area contributed by atoms with Crippen molar-refractivity contribution in [2.24, 2.45) is 5.92 Å². The lowest BCUT2D eigenvalue weighted by atomic mass is 9.86. The van der Waals surface area contributed by atoms with Crippen LogP contribution >= 0.6 is 0 Å². The second-order valence-corrected chi connectivity index (χ2v) is 6.11. The molecule has 1 rings (SSSR count). The number of nitrogens with one attached hydrogen (secondary N) is 1. The molecule has 1 saturated carbocycles. The zero-order valence-electron chi connectivity index (χ0n) is 13.7. The predicted octanol–water partition coefficient (Wildman–Crippen LogP) is 2.43. The number of hydrogen-bond donors (Lipinski definition) is 1. The van der Waals surface area contributed by atoms with Crippen molar-refractivity contribution in [1.29, 1.82) is 0 Å². The van der Waals surface area contributed by atoms with Crippen LogP contribution in [-0.2, 0) is 9.53 Å². The molecule has 1 fully saturated rings. The first kappa shape index (κ1) is 17.4. The zero-order chi connectivity index (χ0) is 15.0. The van der Waals surface area contributed by atoms with Crippen molar-refractivity contribution in [2.75, 3.05) is 26.7 Å². The summed E-state index contributed by atoms with van der Waals surface area (Å²) >= 11 is 0. The first-order chi connectivity index (χ1) is 9.58. The monoisotopic (exact) mass is 284 g/mol. The van der Waals surface area contributed by atoms with Gasteiger partial charge in [0.15, 0.2) is 0 Å². The third kappa shape index (κ3) is 5.80. The van der Waals surface area contributed by atoms with Crippen molar-refractivity contribution in [1.82, 2.24) is 10.2 Å². The van der Waals surface area contributed by atoms with Crippen LogP contribution in [0.15, 0.2) is 0 Å². The molecule has 0 amide bonds. The number of hydrogen-bond acceptors (Lipinski definition) is 4. The largest absolute Gasteiger partial charge is 0.465 e. The molecule has 118 valence electrons. The summed E-state index contributed by atoms with van der Waals surface area (Å²) < 4.78 is 5.18. The minimum absolute atomic E-state index is 0.114. The van der Waals surface area contributed by atoms with E-state index in [1.54, 1.807) is 0 Å². The topological polar surface area (TPSA) is 41.6 Å². The third-order valence-electron chi connectivity index (χ3n) is 4.29. The van der Waals surface area contributed by atoms with Crippen LogP contribution in [0.2, 0.25) is 0 Å². The molecule has 0 aromatic heterocycles. The smallest absolute Gasteiger partial charge is 0.324 e. The van der Waals surface area contributed by atoms with Gasteiger partial charge in [-0.25, -0.2) is 0 Å². The van der Waals surface area contributed by atoms with E-state index in [0.29, 0.717) is 12.6 Å². The molecule has 0 aromatic rings. The Labute approximate surface area is 124 Å². The minimum Gasteiger partial charge on any atom is -0.465 e. The van der Waals surface area contributed by atoms with Crippen molar-refractivity contribution < 1.29 is 9.53 Å². The first-order valence-electron chi connectivity index (χ1n) is 8.18. The van der Waals surface area contributed by atoms with Gasteiger partial charge in [-0.1, -0.05) is 13.8 Å². The molecular formula is C16H32N2O2. The van der Waals surface area contributed by atoms with Crippen LogP contribution in [0.1, 0.15) is 52.9 Å².